The third-order valence-electron chi connectivity index (χ3n) is 3.81. The first-order valence-corrected chi connectivity index (χ1v) is 7.41. The number of carbonyl (C=O) groups excluding carboxylic acids is 1. The number of cyclic esters (lactones) is 1. The highest BCUT2D eigenvalue weighted by atomic mass is 19.1. The first kappa shape index (κ1) is 16.3. The molecule has 1 aliphatic rings. The van der Waals surface area contributed by atoms with Gasteiger partial charge in [-0.15, -0.1) is 0 Å². The van der Waals surface area contributed by atoms with Crippen molar-refractivity contribution in [1.29, 1.82) is 5.26 Å². The Morgan fingerprint density at radius 3 is 2.76 bits per heavy atom. The van der Waals surface area contributed by atoms with Gasteiger partial charge in [-0.2, -0.15) is 5.26 Å². The molecule has 0 radical (unpaired) electrons. The number of benzene rings is 2. The molecule has 3 rings (SSSR count). The van der Waals surface area contributed by atoms with Gasteiger partial charge in [0.2, 0.25) is 0 Å². The molecule has 1 saturated heterocycles. The zero-order chi connectivity index (χ0) is 17.8. The molecule has 1 atom stereocenters. The van der Waals surface area contributed by atoms with Gasteiger partial charge in [0.25, 0.3) is 0 Å². The lowest BCUT2D eigenvalue weighted by Gasteiger charge is -2.14. The summed E-state index contributed by atoms with van der Waals surface area (Å²) in [5.41, 5.74) is 10.2. The molecule has 1 fully saturated rings. The molecular weight excluding hydrogens is 325 g/mol. The average Bonchev–Trinajstić information content (AvgIpc) is 3.00. The molecule has 25 heavy (non-hydrogen) atoms. The Morgan fingerprint density at radius 1 is 1.36 bits per heavy atom. The zero-order valence-corrected chi connectivity index (χ0v) is 13.0. The minimum Gasteiger partial charge on any atom is -0.444 e. The maximum atomic E-state index is 14.5. The maximum absolute atomic E-state index is 14.5. The summed E-state index contributed by atoms with van der Waals surface area (Å²) in [6.45, 7) is 0.220. The van der Waals surface area contributed by atoms with E-state index < -0.39 is 18.0 Å². The third-order valence-corrected chi connectivity index (χ3v) is 3.81. The monoisotopic (exact) mass is 337 g/mol. The van der Waals surface area contributed by atoms with Crippen molar-refractivity contribution in [2.45, 2.75) is 6.10 Å². The van der Waals surface area contributed by atoms with Gasteiger partial charge in [-0.3, -0.25) is 4.90 Å². The summed E-state index contributed by atoms with van der Waals surface area (Å²) in [6, 6.07) is 13.0. The average molecular weight is 337 g/mol. The number of amides is 1. The van der Waals surface area contributed by atoms with Gasteiger partial charge in [0.1, 0.15) is 11.9 Å². The molecule has 0 N–H and O–H groups in total. The van der Waals surface area contributed by atoms with E-state index >= 15 is 0 Å². The lowest BCUT2D eigenvalue weighted by atomic mass is 10.0. The van der Waals surface area contributed by atoms with Gasteiger partial charge in [-0.25, -0.2) is 9.18 Å². The highest BCUT2D eigenvalue weighted by Crippen LogP contribution is 2.29. The van der Waals surface area contributed by atoms with E-state index in [9.17, 15) is 9.18 Å². The van der Waals surface area contributed by atoms with Crippen LogP contribution in [-0.2, 0) is 4.74 Å². The molecule has 7 nitrogen and oxygen atoms in total. The number of anilines is 1. The van der Waals surface area contributed by atoms with Gasteiger partial charge < -0.3 is 4.74 Å². The number of hydrogen-bond donors (Lipinski definition) is 0. The molecule has 0 spiro atoms. The van der Waals surface area contributed by atoms with E-state index in [1.54, 1.807) is 36.4 Å². The lowest BCUT2D eigenvalue weighted by Crippen LogP contribution is -2.25. The quantitative estimate of drug-likeness (QED) is 0.478. The predicted molar refractivity (Wildman–Crippen MR) is 88.2 cm³/mol. The van der Waals surface area contributed by atoms with Crippen LogP contribution in [0.25, 0.3) is 21.6 Å². The van der Waals surface area contributed by atoms with Crippen LogP contribution in [0.1, 0.15) is 5.56 Å². The number of rotatable bonds is 4. The summed E-state index contributed by atoms with van der Waals surface area (Å²) in [7, 11) is 0. The van der Waals surface area contributed by atoms with Crippen molar-refractivity contribution in [1.82, 2.24) is 0 Å². The molecule has 0 unspecified atom stereocenters. The van der Waals surface area contributed by atoms with Crippen LogP contribution in [0.15, 0.2) is 47.6 Å². The van der Waals surface area contributed by atoms with Gasteiger partial charge in [0.15, 0.2) is 0 Å². The summed E-state index contributed by atoms with van der Waals surface area (Å²) in [6.07, 6.45) is -1.16. The summed E-state index contributed by atoms with van der Waals surface area (Å²) >= 11 is 0. The van der Waals surface area contributed by atoms with Crippen LogP contribution in [0.3, 0.4) is 0 Å². The van der Waals surface area contributed by atoms with E-state index in [4.69, 9.17) is 15.5 Å². The first-order chi connectivity index (χ1) is 12.1. The fraction of sp³-hybridized carbons (Fsp3) is 0.176. The highest BCUT2D eigenvalue weighted by Gasteiger charge is 2.32. The predicted octanol–water partition coefficient (Wildman–Crippen LogP) is 4.00. The number of ether oxygens (including phenoxy) is 1. The molecule has 8 heteroatoms. The van der Waals surface area contributed by atoms with Crippen molar-refractivity contribution in [2.24, 2.45) is 5.11 Å². The van der Waals surface area contributed by atoms with Crippen molar-refractivity contribution < 1.29 is 13.9 Å². The van der Waals surface area contributed by atoms with Crippen LogP contribution in [0.4, 0.5) is 14.9 Å². The second kappa shape index (κ2) is 6.91. The van der Waals surface area contributed by atoms with E-state index in [0.717, 1.165) is 0 Å². The standard InChI is InChI=1S/C17H12FN5O2/c18-16-7-13(23-10-14(9-21-22-20)25-17(23)24)5-6-15(16)12-3-1-11(8-19)2-4-12/h1-7,14H,9-10H2/t14-/m0/s1. The van der Waals surface area contributed by atoms with Gasteiger partial charge in [-0.1, -0.05) is 17.2 Å². The van der Waals surface area contributed by atoms with E-state index in [0.29, 0.717) is 22.4 Å². The SMILES string of the molecule is N#Cc1ccc(-c2ccc(N3C[C@H](CN=[N+]=[N-])OC3=O)cc2F)cc1. The second-order valence-electron chi connectivity index (χ2n) is 5.38. The number of azide groups is 1. The van der Waals surface area contributed by atoms with E-state index in [1.165, 1.54) is 11.0 Å². The number of nitriles is 1. The number of hydrogen-bond acceptors (Lipinski definition) is 4. The normalized spacial score (nSPS) is 16.1. The summed E-state index contributed by atoms with van der Waals surface area (Å²) < 4.78 is 19.6. The van der Waals surface area contributed by atoms with E-state index in [-0.39, 0.29) is 13.1 Å². The smallest absolute Gasteiger partial charge is 0.414 e. The lowest BCUT2D eigenvalue weighted by molar-refractivity contribution is 0.145. The Balaban J connectivity index is 1.83. The minimum absolute atomic E-state index is 0.0323. The maximum Gasteiger partial charge on any atom is 0.414 e. The van der Waals surface area contributed by atoms with E-state index in [2.05, 4.69) is 10.0 Å². The Labute approximate surface area is 142 Å². The summed E-state index contributed by atoms with van der Waals surface area (Å²) in [5.74, 6) is -0.492. The number of nitrogens with zero attached hydrogens (tertiary/aromatic N) is 5. The zero-order valence-electron chi connectivity index (χ0n) is 13.0. The molecular formula is C17H12FN5O2. The largest absolute Gasteiger partial charge is 0.444 e. The molecule has 1 amide bonds. The van der Waals surface area contributed by atoms with Gasteiger partial charge in [0, 0.05) is 10.5 Å². The summed E-state index contributed by atoms with van der Waals surface area (Å²) in [4.78, 5) is 15.8. The highest BCUT2D eigenvalue weighted by molar-refractivity contribution is 5.90. The van der Waals surface area contributed by atoms with Crippen molar-refractivity contribution in [3.8, 4) is 17.2 Å². The molecule has 2 aromatic rings. The Bertz CT molecular complexity index is 900. The molecule has 124 valence electrons. The molecule has 1 heterocycles. The van der Waals surface area contributed by atoms with Crippen LogP contribution >= 0.6 is 0 Å². The fourth-order valence-corrected chi connectivity index (χ4v) is 2.59. The van der Waals surface area contributed by atoms with Crippen LogP contribution in [0.2, 0.25) is 0 Å². The molecule has 2 aromatic carbocycles. The van der Waals surface area contributed by atoms with Crippen molar-refractivity contribution in [2.75, 3.05) is 18.0 Å². The number of halogens is 1. The first-order valence-electron chi connectivity index (χ1n) is 7.41. The fourth-order valence-electron chi connectivity index (χ4n) is 2.59. The van der Waals surface area contributed by atoms with Gasteiger partial charge in [0.05, 0.1) is 30.4 Å². The Kier molecular flexibility index (Phi) is 4.50. The van der Waals surface area contributed by atoms with Crippen molar-refractivity contribution in [3.05, 3.63) is 64.3 Å². The van der Waals surface area contributed by atoms with Crippen molar-refractivity contribution in [3.63, 3.8) is 0 Å². The molecule has 0 bridgehead atoms. The Morgan fingerprint density at radius 2 is 2.12 bits per heavy atom. The Hall–Kier alpha value is -3.56. The van der Waals surface area contributed by atoms with Gasteiger partial charge in [-0.05, 0) is 41.4 Å². The van der Waals surface area contributed by atoms with Crippen LogP contribution in [0.5, 0.6) is 0 Å². The summed E-state index contributed by atoms with van der Waals surface area (Å²) in [5, 5.41) is 12.2. The minimum atomic E-state index is -0.608. The molecule has 0 aliphatic carbocycles. The van der Waals surface area contributed by atoms with Gasteiger partial charge >= 0.3 is 6.09 Å². The third kappa shape index (κ3) is 3.37. The van der Waals surface area contributed by atoms with Crippen LogP contribution < -0.4 is 4.90 Å². The second-order valence-corrected chi connectivity index (χ2v) is 5.38. The van der Waals surface area contributed by atoms with E-state index in [1.807, 2.05) is 6.07 Å². The number of carbonyl (C=O) groups is 1. The topological polar surface area (TPSA) is 102 Å². The molecule has 1 aliphatic heterocycles. The van der Waals surface area contributed by atoms with Crippen LogP contribution in [0, 0.1) is 17.1 Å². The molecule has 0 aromatic heterocycles. The van der Waals surface area contributed by atoms with Crippen molar-refractivity contribution >= 4 is 11.8 Å². The molecule has 0 saturated carbocycles. The van der Waals surface area contributed by atoms with Crippen LogP contribution in [-0.4, -0.2) is 25.3 Å².